The number of hydrogen-bond donors (Lipinski definition) is 1. The van der Waals surface area contributed by atoms with E-state index in [-0.39, 0.29) is 11.3 Å². The summed E-state index contributed by atoms with van der Waals surface area (Å²) in [4.78, 5) is 12.9. The van der Waals surface area contributed by atoms with E-state index < -0.39 is 11.2 Å². The Morgan fingerprint density at radius 1 is 1.02 bits per heavy atom. The van der Waals surface area contributed by atoms with Gasteiger partial charge in [0.25, 0.3) is 5.69 Å². The average molecular weight is 659 g/mol. The van der Waals surface area contributed by atoms with Crippen molar-refractivity contribution in [3.05, 3.63) is 97.6 Å². The molecular weight excluding hydrogens is 604 g/mol. The number of benzene rings is 2. The molecule has 0 spiro atoms. The van der Waals surface area contributed by atoms with Gasteiger partial charge in [0.2, 0.25) is 0 Å². The van der Waals surface area contributed by atoms with Crippen LogP contribution in [-0.4, -0.2) is 46.8 Å². The summed E-state index contributed by atoms with van der Waals surface area (Å²) >= 11 is 0. The Bertz CT molecular complexity index is 1490. The van der Waals surface area contributed by atoms with E-state index in [4.69, 9.17) is 14.2 Å². The van der Waals surface area contributed by atoms with Crippen LogP contribution in [0.2, 0.25) is 0 Å². The molecule has 3 aliphatic heterocycles. The highest BCUT2D eigenvalue weighted by Gasteiger charge is 2.34. The highest BCUT2D eigenvalue weighted by Crippen LogP contribution is 2.43. The lowest BCUT2D eigenvalue weighted by Crippen LogP contribution is -2.37. The molecule has 8 nitrogen and oxygen atoms in total. The first kappa shape index (κ1) is 35.8. The molecule has 0 radical (unpaired) electrons. The van der Waals surface area contributed by atoms with Crippen LogP contribution in [-0.2, 0) is 22.4 Å². The highest BCUT2D eigenvalue weighted by molar-refractivity contribution is 5.54. The van der Waals surface area contributed by atoms with E-state index in [0.29, 0.717) is 19.0 Å². The second-order valence-corrected chi connectivity index (χ2v) is 14.3. The Hall–Kier alpha value is -3.46. The van der Waals surface area contributed by atoms with E-state index >= 15 is 0 Å². The van der Waals surface area contributed by atoms with Gasteiger partial charge in [-0.3, -0.25) is 15.0 Å². The minimum Gasteiger partial charge on any atom is -0.508 e. The third-order valence-electron chi connectivity index (χ3n) is 10.1. The molecule has 1 unspecified atom stereocenters. The lowest BCUT2D eigenvalue weighted by Gasteiger charge is -2.38. The summed E-state index contributed by atoms with van der Waals surface area (Å²) in [5, 5.41) is 21.7. The summed E-state index contributed by atoms with van der Waals surface area (Å²) in [6.45, 7) is 12.8. The maximum Gasteiger partial charge on any atom is 0.269 e. The average Bonchev–Trinajstić information content (AvgIpc) is 3.07. The van der Waals surface area contributed by atoms with E-state index in [2.05, 4.69) is 50.8 Å². The summed E-state index contributed by atoms with van der Waals surface area (Å²) < 4.78 is 18.5. The molecule has 8 heteroatoms. The zero-order valence-electron chi connectivity index (χ0n) is 29.4. The molecule has 48 heavy (non-hydrogen) atoms. The van der Waals surface area contributed by atoms with Gasteiger partial charge in [0.15, 0.2) is 6.29 Å². The zero-order chi connectivity index (χ0) is 34.1. The number of aromatic hydroxyl groups is 1. The number of nitro benzene ring substituents is 1. The van der Waals surface area contributed by atoms with Gasteiger partial charge in [-0.2, -0.15) is 0 Å². The van der Waals surface area contributed by atoms with Gasteiger partial charge >= 0.3 is 0 Å². The standard InChI is InChI=1S/C40H54N2O6/c1-29(13-9-15-32-27-46-39(47-28-32)33-16-18-34(19-17-33)42(44)45)11-8-12-30(2)14-10-21-40(4)22-20-35-36(26-41-23-6-5-7-24-41)37(43)25-31(3)38(35)48-40/h11,14-19,25,39,43H,5-10,12-13,20-24,26-28H2,1-4H3/b29-11+,30-14+,32-15?. The number of piperidine rings is 1. The third-order valence-corrected chi connectivity index (χ3v) is 10.1. The molecule has 0 bridgehead atoms. The molecule has 1 N–H and O–H groups in total. The van der Waals surface area contributed by atoms with Gasteiger partial charge in [-0.15, -0.1) is 0 Å². The fraction of sp³-hybridized carbons (Fsp3) is 0.550. The maximum absolute atomic E-state index is 10.9. The fourth-order valence-corrected chi connectivity index (χ4v) is 7.07. The third kappa shape index (κ3) is 9.80. The Morgan fingerprint density at radius 3 is 2.38 bits per heavy atom. The van der Waals surface area contributed by atoms with Crippen LogP contribution in [0.5, 0.6) is 11.5 Å². The van der Waals surface area contributed by atoms with Gasteiger partial charge < -0.3 is 19.3 Å². The number of nitro groups is 1. The molecule has 2 aromatic rings. The van der Waals surface area contributed by atoms with Gasteiger partial charge in [0.1, 0.15) is 17.1 Å². The number of rotatable bonds is 13. The van der Waals surface area contributed by atoms with Crippen LogP contribution in [0.25, 0.3) is 0 Å². The van der Waals surface area contributed by atoms with Crippen molar-refractivity contribution in [2.45, 2.75) is 117 Å². The van der Waals surface area contributed by atoms with Crippen molar-refractivity contribution in [3.63, 3.8) is 0 Å². The molecular formula is C40H54N2O6. The number of likely N-dealkylation sites (tertiary alicyclic amines) is 1. The molecule has 2 aromatic carbocycles. The minimum absolute atomic E-state index is 0.0611. The van der Waals surface area contributed by atoms with Crippen LogP contribution < -0.4 is 4.74 Å². The molecule has 2 fully saturated rings. The van der Waals surface area contributed by atoms with Crippen molar-refractivity contribution >= 4 is 5.69 Å². The number of non-ortho nitro benzene ring substituents is 1. The van der Waals surface area contributed by atoms with Crippen LogP contribution in [0.1, 0.15) is 114 Å². The zero-order valence-corrected chi connectivity index (χ0v) is 29.4. The molecule has 3 heterocycles. The summed E-state index contributed by atoms with van der Waals surface area (Å²) in [6, 6.07) is 8.23. The predicted molar refractivity (Wildman–Crippen MR) is 190 cm³/mol. The van der Waals surface area contributed by atoms with E-state index in [0.717, 1.165) is 99.0 Å². The highest BCUT2D eigenvalue weighted by atomic mass is 16.7. The van der Waals surface area contributed by atoms with Crippen molar-refractivity contribution in [3.8, 4) is 11.5 Å². The number of phenols is 1. The first-order valence-corrected chi connectivity index (χ1v) is 17.8. The number of hydrogen-bond acceptors (Lipinski definition) is 7. The Balaban J connectivity index is 1.02. The molecule has 260 valence electrons. The van der Waals surface area contributed by atoms with Crippen molar-refractivity contribution < 1.29 is 24.2 Å². The molecule has 0 aliphatic carbocycles. The largest absolute Gasteiger partial charge is 0.508 e. The number of phenolic OH excluding ortho intramolecular Hbond substituents is 1. The maximum atomic E-state index is 10.9. The topological polar surface area (TPSA) is 94.3 Å². The van der Waals surface area contributed by atoms with Gasteiger partial charge in [-0.1, -0.05) is 35.8 Å². The lowest BCUT2D eigenvalue weighted by atomic mass is 9.85. The van der Waals surface area contributed by atoms with Crippen LogP contribution in [0.4, 0.5) is 5.69 Å². The van der Waals surface area contributed by atoms with E-state index in [9.17, 15) is 15.2 Å². The summed E-state index contributed by atoms with van der Waals surface area (Å²) in [5.41, 5.74) is 7.93. The minimum atomic E-state index is -0.488. The van der Waals surface area contributed by atoms with Gasteiger partial charge in [0.05, 0.1) is 18.1 Å². The number of fused-ring (bicyclic) bond motifs is 1. The monoisotopic (exact) mass is 658 g/mol. The lowest BCUT2D eigenvalue weighted by molar-refractivity contribution is -0.384. The van der Waals surface area contributed by atoms with Crippen LogP contribution >= 0.6 is 0 Å². The predicted octanol–water partition coefficient (Wildman–Crippen LogP) is 9.58. The van der Waals surface area contributed by atoms with Gasteiger partial charge in [-0.05, 0) is 134 Å². The van der Waals surface area contributed by atoms with E-state index in [1.165, 1.54) is 48.1 Å². The molecule has 0 aromatic heterocycles. The SMILES string of the molecule is C/C(=C\CC/C(C)=C/CCC1(C)CCc2c(CN3CCCCC3)c(O)cc(C)c2O1)CCC=C1COC(c2ccc([N+](=O)[O-])cc2)OC1. The van der Waals surface area contributed by atoms with Crippen molar-refractivity contribution in [2.75, 3.05) is 26.3 Å². The quantitative estimate of drug-likeness (QED) is 0.130. The van der Waals surface area contributed by atoms with E-state index in [1.807, 2.05) is 6.07 Å². The van der Waals surface area contributed by atoms with Crippen molar-refractivity contribution in [1.82, 2.24) is 4.90 Å². The smallest absolute Gasteiger partial charge is 0.269 e. The van der Waals surface area contributed by atoms with Gasteiger partial charge in [-0.25, -0.2) is 0 Å². The van der Waals surface area contributed by atoms with Crippen molar-refractivity contribution in [1.29, 1.82) is 0 Å². The Morgan fingerprint density at radius 2 is 1.69 bits per heavy atom. The number of ether oxygens (including phenoxy) is 3. The normalized spacial score (nSPS) is 22.2. The molecule has 1 atom stereocenters. The molecule has 0 amide bonds. The summed E-state index contributed by atoms with van der Waals surface area (Å²) in [5.74, 6) is 1.43. The molecule has 2 saturated heterocycles. The van der Waals surface area contributed by atoms with E-state index in [1.54, 1.807) is 12.1 Å². The molecule has 3 aliphatic rings. The number of nitrogens with zero attached hydrogens (tertiary/aromatic N) is 2. The second-order valence-electron chi connectivity index (χ2n) is 14.3. The fourth-order valence-electron chi connectivity index (χ4n) is 7.07. The molecule has 0 saturated carbocycles. The van der Waals surface area contributed by atoms with Gasteiger partial charge in [0, 0.05) is 35.4 Å². The first-order valence-electron chi connectivity index (χ1n) is 17.8. The van der Waals surface area contributed by atoms with Crippen LogP contribution in [0.3, 0.4) is 0 Å². The number of aryl methyl sites for hydroxylation is 1. The van der Waals surface area contributed by atoms with Crippen molar-refractivity contribution in [2.24, 2.45) is 0 Å². The first-order chi connectivity index (χ1) is 23.1. The molecule has 5 rings (SSSR count). The van der Waals surface area contributed by atoms with Crippen LogP contribution in [0, 0.1) is 17.0 Å². The summed E-state index contributed by atoms with van der Waals surface area (Å²) in [6.07, 6.45) is 18.2. The second kappa shape index (κ2) is 16.8. The Kier molecular flexibility index (Phi) is 12.5. The van der Waals surface area contributed by atoms with Crippen LogP contribution in [0.15, 0.2) is 65.3 Å². The number of allylic oxidation sites excluding steroid dienone is 5. The Labute approximate surface area is 286 Å². The summed E-state index contributed by atoms with van der Waals surface area (Å²) in [7, 11) is 0.